The van der Waals surface area contributed by atoms with E-state index in [9.17, 15) is 4.79 Å². The van der Waals surface area contributed by atoms with E-state index in [2.05, 4.69) is 24.3 Å². The Balaban J connectivity index is 1.80. The van der Waals surface area contributed by atoms with E-state index in [0.717, 1.165) is 19.3 Å². The van der Waals surface area contributed by atoms with Crippen LogP contribution >= 0.6 is 0 Å². The first-order valence-electron chi connectivity index (χ1n) is 5.54. The van der Waals surface area contributed by atoms with E-state index in [1.54, 1.807) is 0 Å². The van der Waals surface area contributed by atoms with Crippen molar-refractivity contribution in [2.24, 2.45) is 5.92 Å². The van der Waals surface area contributed by atoms with Crippen molar-refractivity contribution in [1.29, 1.82) is 0 Å². The van der Waals surface area contributed by atoms with Gasteiger partial charge in [-0.05, 0) is 30.7 Å². The molecule has 2 heteroatoms. The van der Waals surface area contributed by atoms with Crippen LogP contribution in [0, 0.1) is 5.92 Å². The third-order valence-corrected chi connectivity index (χ3v) is 2.93. The first-order valence-corrected chi connectivity index (χ1v) is 5.54. The highest BCUT2D eigenvalue weighted by Gasteiger charge is 2.19. The third-order valence-electron chi connectivity index (χ3n) is 2.93. The second-order valence-corrected chi connectivity index (χ2v) is 4.10. The van der Waals surface area contributed by atoms with Crippen LogP contribution in [0.4, 0.5) is 0 Å². The summed E-state index contributed by atoms with van der Waals surface area (Å²) < 4.78 is 4.92. The van der Waals surface area contributed by atoms with Crippen LogP contribution < -0.4 is 0 Å². The smallest absolute Gasteiger partial charge is 0.306 e. The molecule has 80 valence electrons. The maximum atomic E-state index is 11.1. The average Bonchev–Trinajstić information content (AvgIpc) is 2.28. The summed E-state index contributed by atoms with van der Waals surface area (Å²) in [7, 11) is 0. The van der Waals surface area contributed by atoms with Crippen molar-refractivity contribution in [3.63, 3.8) is 0 Å². The number of carbonyl (C=O) groups excluding carboxylic acids is 1. The number of hydrogen-bond acceptors (Lipinski definition) is 2. The molecule has 0 N–H and O–H groups in total. The number of rotatable bonds is 3. The van der Waals surface area contributed by atoms with Gasteiger partial charge in [0.05, 0.1) is 6.61 Å². The van der Waals surface area contributed by atoms with Gasteiger partial charge >= 0.3 is 5.97 Å². The van der Waals surface area contributed by atoms with E-state index in [1.165, 1.54) is 5.56 Å². The van der Waals surface area contributed by atoms with Gasteiger partial charge in [0, 0.05) is 6.42 Å². The molecule has 1 aromatic carbocycles. The highest BCUT2D eigenvalue weighted by atomic mass is 16.5. The van der Waals surface area contributed by atoms with E-state index < -0.39 is 0 Å². The Kier molecular flexibility index (Phi) is 3.38. The number of benzene rings is 1. The SMILES string of the molecule is O=C1C[C@H](CCc2ccccc2)CCO1. The molecule has 0 radical (unpaired) electrons. The molecule has 0 aromatic heterocycles. The topological polar surface area (TPSA) is 26.3 Å². The number of hydrogen-bond donors (Lipinski definition) is 0. The van der Waals surface area contributed by atoms with Crippen LogP contribution in [0.25, 0.3) is 0 Å². The van der Waals surface area contributed by atoms with Crippen LogP contribution in [-0.2, 0) is 16.0 Å². The van der Waals surface area contributed by atoms with Gasteiger partial charge in [-0.3, -0.25) is 4.79 Å². The van der Waals surface area contributed by atoms with Crippen LogP contribution in [0.5, 0.6) is 0 Å². The molecule has 0 aliphatic carbocycles. The van der Waals surface area contributed by atoms with Crippen LogP contribution in [0.2, 0.25) is 0 Å². The molecule has 1 atom stereocenters. The largest absolute Gasteiger partial charge is 0.466 e. The summed E-state index contributed by atoms with van der Waals surface area (Å²) in [5.41, 5.74) is 1.36. The van der Waals surface area contributed by atoms with Gasteiger partial charge in [-0.25, -0.2) is 0 Å². The lowest BCUT2D eigenvalue weighted by molar-refractivity contribution is -0.149. The molecule has 1 fully saturated rings. The zero-order valence-corrected chi connectivity index (χ0v) is 8.82. The van der Waals surface area contributed by atoms with Crippen molar-refractivity contribution in [2.75, 3.05) is 6.61 Å². The van der Waals surface area contributed by atoms with Crippen molar-refractivity contribution >= 4 is 5.97 Å². The standard InChI is InChI=1S/C13H16O2/c14-13-10-12(8-9-15-13)7-6-11-4-2-1-3-5-11/h1-5,12H,6-10H2/t12-/m1/s1. The summed E-state index contributed by atoms with van der Waals surface area (Å²) in [4.78, 5) is 11.1. The molecular formula is C13H16O2. The van der Waals surface area contributed by atoms with Crippen LogP contribution in [0.15, 0.2) is 30.3 Å². The Hall–Kier alpha value is -1.31. The zero-order chi connectivity index (χ0) is 10.5. The molecule has 0 unspecified atom stereocenters. The average molecular weight is 204 g/mol. The number of ether oxygens (including phenoxy) is 1. The van der Waals surface area contributed by atoms with Gasteiger partial charge < -0.3 is 4.74 Å². The van der Waals surface area contributed by atoms with Crippen molar-refractivity contribution in [1.82, 2.24) is 0 Å². The molecule has 0 bridgehead atoms. The van der Waals surface area contributed by atoms with Crippen molar-refractivity contribution in [3.05, 3.63) is 35.9 Å². The Morgan fingerprint density at radius 2 is 2.07 bits per heavy atom. The summed E-state index contributed by atoms with van der Waals surface area (Å²) in [5.74, 6) is 0.491. The van der Waals surface area contributed by atoms with E-state index >= 15 is 0 Å². The molecule has 0 amide bonds. The minimum absolute atomic E-state index is 0.0284. The van der Waals surface area contributed by atoms with E-state index in [0.29, 0.717) is 18.9 Å². The second kappa shape index (κ2) is 4.96. The zero-order valence-electron chi connectivity index (χ0n) is 8.82. The highest BCUT2D eigenvalue weighted by Crippen LogP contribution is 2.21. The molecule has 2 rings (SSSR count). The van der Waals surface area contributed by atoms with Gasteiger partial charge in [-0.2, -0.15) is 0 Å². The van der Waals surface area contributed by atoms with Gasteiger partial charge in [0.25, 0.3) is 0 Å². The molecule has 2 nitrogen and oxygen atoms in total. The van der Waals surface area contributed by atoms with Crippen LogP contribution in [-0.4, -0.2) is 12.6 Å². The Labute approximate surface area is 90.3 Å². The summed E-state index contributed by atoms with van der Waals surface area (Å²) in [6.07, 6.45) is 3.79. The second-order valence-electron chi connectivity index (χ2n) is 4.10. The van der Waals surface area contributed by atoms with Gasteiger partial charge in [-0.1, -0.05) is 30.3 Å². The van der Waals surface area contributed by atoms with Gasteiger partial charge in [0.2, 0.25) is 0 Å². The molecular weight excluding hydrogens is 188 g/mol. The lowest BCUT2D eigenvalue weighted by atomic mass is 9.92. The van der Waals surface area contributed by atoms with Crippen molar-refractivity contribution in [3.8, 4) is 0 Å². The van der Waals surface area contributed by atoms with Crippen molar-refractivity contribution < 1.29 is 9.53 Å². The number of aryl methyl sites for hydroxylation is 1. The minimum atomic E-state index is -0.0284. The predicted molar refractivity (Wildman–Crippen MR) is 58.4 cm³/mol. The third kappa shape index (κ3) is 3.08. The molecule has 0 saturated carbocycles. The van der Waals surface area contributed by atoms with Gasteiger partial charge in [0.1, 0.15) is 0 Å². The van der Waals surface area contributed by atoms with Crippen LogP contribution in [0.3, 0.4) is 0 Å². The maximum absolute atomic E-state index is 11.1. The first kappa shape index (κ1) is 10.2. The maximum Gasteiger partial charge on any atom is 0.306 e. The Bertz CT molecular complexity index is 319. The molecule has 1 aliphatic rings. The molecule has 15 heavy (non-hydrogen) atoms. The predicted octanol–water partition coefficient (Wildman–Crippen LogP) is 2.57. The number of cyclic esters (lactones) is 1. The first-order chi connectivity index (χ1) is 7.34. The summed E-state index contributed by atoms with van der Waals surface area (Å²) in [6, 6.07) is 10.4. The lowest BCUT2D eigenvalue weighted by Crippen LogP contribution is -2.21. The number of esters is 1. The fraction of sp³-hybridized carbons (Fsp3) is 0.462. The highest BCUT2D eigenvalue weighted by molar-refractivity contribution is 5.70. The summed E-state index contributed by atoms with van der Waals surface area (Å²) in [5, 5.41) is 0. The number of carbonyl (C=O) groups is 1. The fourth-order valence-electron chi connectivity index (χ4n) is 2.00. The van der Waals surface area contributed by atoms with Gasteiger partial charge in [0.15, 0.2) is 0 Å². The molecule has 1 heterocycles. The molecule has 0 spiro atoms. The monoisotopic (exact) mass is 204 g/mol. The van der Waals surface area contributed by atoms with E-state index in [4.69, 9.17) is 4.74 Å². The van der Waals surface area contributed by atoms with E-state index in [1.807, 2.05) is 6.07 Å². The van der Waals surface area contributed by atoms with Crippen LogP contribution in [0.1, 0.15) is 24.8 Å². The fourth-order valence-corrected chi connectivity index (χ4v) is 2.00. The molecule has 1 saturated heterocycles. The Morgan fingerprint density at radius 3 is 2.80 bits per heavy atom. The van der Waals surface area contributed by atoms with E-state index in [-0.39, 0.29) is 5.97 Å². The van der Waals surface area contributed by atoms with Crippen molar-refractivity contribution in [2.45, 2.75) is 25.7 Å². The van der Waals surface area contributed by atoms with Gasteiger partial charge in [-0.15, -0.1) is 0 Å². The summed E-state index contributed by atoms with van der Waals surface area (Å²) >= 11 is 0. The summed E-state index contributed by atoms with van der Waals surface area (Å²) in [6.45, 7) is 0.609. The Morgan fingerprint density at radius 1 is 1.27 bits per heavy atom. The lowest BCUT2D eigenvalue weighted by Gasteiger charge is -2.20. The molecule has 1 aliphatic heterocycles. The molecule has 1 aromatic rings. The normalized spacial score (nSPS) is 21.1. The minimum Gasteiger partial charge on any atom is -0.466 e. The quantitative estimate of drug-likeness (QED) is 0.707.